The van der Waals surface area contributed by atoms with Crippen LogP contribution in [0, 0.1) is 6.92 Å². The molecular formula is C15H23N3O3. The molecule has 0 aliphatic carbocycles. The van der Waals surface area contributed by atoms with Gasteiger partial charge in [-0.25, -0.2) is 4.79 Å². The van der Waals surface area contributed by atoms with E-state index in [1.165, 1.54) is 0 Å². The number of rotatable bonds is 7. The smallest absolute Gasteiger partial charge is 0.319 e. The van der Waals surface area contributed by atoms with E-state index in [2.05, 4.69) is 10.6 Å². The summed E-state index contributed by atoms with van der Waals surface area (Å²) in [5.74, 6) is -0.810. The highest BCUT2D eigenvalue weighted by Gasteiger charge is 2.05. The van der Waals surface area contributed by atoms with E-state index in [0.717, 1.165) is 16.9 Å². The van der Waals surface area contributed by atoms with E-state index in [4.69, 9.17) is 5.11 Å². The van der Waals surface area contributed by atoms with Gasteiger partial charge in [0, 0.05) is 38.4 Å². The van der Waals surface area contributed by atoms with Crippen LogP contribution in [0.3, 0.4) is 0 Å². The number of benzene rings is 1. The Hall–Kier alpha value is -2.24. The first kappa shape index (κ1) is 16.8. The lowest BCUT2D eigenvalue weighted by Crippen LogP contribution is -2.29. The number of nitrogens with zero attached hydrogens (tertiary/aromatic N) is 1. The maximum Gasteiger partial charge on any atom is 0.319 e. The number of hydrogen-bond acceptors (Lipinski definition) is 3. The number of carbonyl (C=O) groups excluding carboxylic acids is 1. The Kier molecular flexibility index (Phi) is 6.52. The Balaban J connectivity index is 2.41. The number of carbonyl (C=O) groups is 2. The number of urea groups is 1. The molecule has 0 unspecified atom stereocenters. The molecule has 0 aliphatic heterocycles. The second-order valence-electron chi connectivity index (χ2n) is 5.13. The van der Waals surface area contributed by atoms with Crippen LogP contribution in [-0.2, 0) is 4.79 Å². The summed E-state index contributed by atoms with van der Waals surface area (Å²) in [7, 11) is 3.91. The van der Waals surface area contributed by atoms with Crippen LogP contribution in [0.4, 0.5) is 16.2 Å². The minimum absolute atomic E-state index is 0.132. The molecule has 21 heavy (non-hydrogen) atoms. The van der Waals surface area contributed by atoms with E-state index in [1.807, 2.05) is 44.1 Å². The zero-order valence-electron chi connectivity index (χ0n) is 12.8. The van der Waals surface area contributed by atoms with Gasteiger partial charge in [0.1, 0.15) is 0 Å². The average Bonchev–Trinajstić information content (AvgIpc) is 2.40. The van der Waals surface area contributed by atoms with Gasteiger partial charge in [-0.3, -0.25) is 4.79 Å². The molecule has 0 spiro atoms. The van der Waals surface area contributed by atoms with Gasteiger partial charge in [-0.1, -0.05) is 6.07 Å². The molecule has 0 heterocycles. The minimum atomic E-state index is -0.810. The van der Waals surface area contributed by atoms with Crippen molar-refractivity contribution >= 4 is 23.4 Å². The lowest BCUT2D eigenvalue weighted by atomic mass is 10.1. The molecule has 0 fully saturated rings. The van der Waals surface area contributed by atoms with Crippen molar-refractivity contribution in [3.05, 3.63) is 23.8 Å². The number of aliphatic carboxylic acids is 1. The van der Waals surface area contributed by atoms with Gasteiger partial charge in [-0.15, -0.1) is 0 Å². The Bertz CT molecular complexity index is 501. The third-order valence-electron chi connectivity index (χ3n) is 3.05. The van der Waals surface area contributed by atoms with E-state index >= 15 is 0 Å². The summed E-state index contributed by atoms with van der Waals surface area (Å²) in [5.41, 5.74) is 2.92. The number of nitrogens with one attached hydrogen (secondary N) is 2. The molecule has 0 aliphatic rings. The third-order valence-corrected chi connectivity index (χ3v) is 3.05. The first-order valence-corrected chi connectivity index (χ1v) is 6.95. The predicted octanol–water partition coefficient (Wildman–Crippen LogP) is 2.44. The summed E-state index contributed by atoms with van der Waals surface area (Å²) >= 11 is 0. The maximum absolute atomic E-state index is 11.7. The molecule has 1 rings (SSSR count). The highest BCUT2D eigenvalue weighted by atomic mass is 16.4. The normalized spacial score (nSPS) is 10.0. The van der Waals surface area contributed by atoms with Crippen LogP contribution in [-0.4, -0.2) is 37.7 Å². The van der Waals surface area contributed by atoms with Crippen LogP contribution in [0.1, 0.15) is 24.8 Å². The van der Waals surface area contributed by atoms with Gasteiger partial charge in [-0.05, 0) is 37.5 Å². The Labute approximate surface area is 125 Å². The van der Waals surface area contributed by atoms with Gasteiger partial charge < -0.3 is 20.6 Å². The van der Waals surface area contributed by atoms with Gasteiger partial charge >= 0.3 is 12.0 Å². The molecule has 1 aromatic carbocycles. The number of anilines is 2. The summed E-state index contributed by atoms with van der Waals surface area (Å²) in [6.07, 6.45) is 1.34. The van der Waals surface area contributed by atoms with Crippen molar-refractivity contribution in [1.29, 1.82) is 0 Å². The number of amides is 2. The van der Waals surface area contributed by atoms with Crippen LogP contribution < -0.4 is 15.5 Å². The van der Waals surface area contributed by atoms with Gasteiger partial charge in [0.25, 0.3) is 0 Å². The molecule has 1 aromatic rings. The quantitative estimate of drug-likeness (QED) is 0.674. The first-order valence-electron chi connectivity index (χ1n) is 6.95. The van der Waals surface area contributed by atoms with Crippen molar-refractivity contribution in [2.75, 3.05) is 30.9 Å². The van der Waals surface area contributed by atoms with Crippen molar-refractivity contribution in [2.24, 2.45) is 0 Å². The van der Waals surface area contributed by atoms with E-state index in [9.17, 15) is 9.59 Å². The molecule has 0 aromatic heterocycles. The summed E-state index contributed by atoms with van der Waals surface area (Å²) in [4.78, 5) is 24.1. The second kappa shape index (κ2) is 8.14. The van der Waals surface area contributed by atoms with Crippen LogP contribution in [0.25, 0.3) is 0 Å². The fourth-order valence-electron chi connectivity index (χ4n) is 1.95. The Morgan fingerprint density at radius 1 is 1.24 bits per heavy atom. The SMILES string of the molecule is Cc1ccc(NC(=O)NCCCCC(=O)O)cc1N(C)C. The topological polar surface area (TPSA) is 81.7 Å². The molecule has 0 atom stereocenters. The zero-order valence-corrected chi connectivity index (χ0v) is 12.8. The van der Waals surface area contributed by atoms with Crippen molar-refractivity contribution < 1.29 is 14.7 Å². The molecule has 6 nitrogen and oxygen atoms in total. The highest BCUT2D eigenvalue weighted by molar-refractivity contribution is 5.90. The molecule has 0 saturated heterocycles. The van der Waals surface area contributed by atoms with Crippen molar-refractivity contribution in [2.45, 2.75) is 26.2 Å². The molecular weight excluding hydrogens is 270 g/mol. The molecule has 0 saturated carbocycles. The van der Waals surface area contributed by atoms with Crippen molar-refractivity contribution in [1.82, 2.24) is 5.32 Å². The highest BCUT2D eigenvalue weighted by Crippen LogP contribution is 2.22. The lowest BCUT2D eigenvalue weighted by Gasteiger charge is -2.17. The van der Waals surface area contributed by atoms with E-state index in [1.54, 1.807) is 0 Å². The van der Waals surface area contributed by atoms with Gasteiger partial charge in [0.2, 0.25) is 0 Å². The molecule has 6 heteroatoms. The minimum Gasteiger partial charge on any atom is -0.481 e. The summed E-state index contributed by atoms with van der Waals surface area (Å²) in [6.45, 7) is 2.48. The second-order valence-corrected chi connectivity index (χ2v) is 5.13. The van der Waals surface area contributed by atoms with Crippen LogP contribution in [0.5, 0.6) is 0 Å². The summed E-state index contributed by atoms with van der Waals surface area (Å²) < 4.78 is 0. The maximum atomic E-state index is 11.7. The lowest BCUT2D eigenvalue weighted by molar-refractivity contribution is -0.137. The first-order chi connectivity index (χ1) is 9.90. The van der Waals surface area contributed by atoms with E-state index in [0.29, 0.717) is 19.4 Å². The van der Waals surface area contributed by atoms with Crippen LogP contribution >= 0.6 is 0 Å². The standard InChI is InChI=1S/C15H23N3O3/c1-11-7-8-12(10-13(11)18(2)3)17-15(21)16-9-5-4-6-14(19)20/h7-8,10H,4-6,9H2,1-3H3,(H,19,20)(H2,16,17,21). The number of carboxylic acid groups (broad SMARTS) is 1. The molecule has 0 radical (unpaired) electrons. The van der Waals surface area contributed by atoms with Gasteiger partial charge in [0.05, 0.1) is 0 Å². The summed E-state index contributed by atoms with van der Waals surface area (Å²) in [6, 6.07) is 5.45. The fourth-order valence-corrected chi connectivity index (χ4v) is 1.95. The average molecular weight is 293 g/mol. The largest absolute Gasteiger partial charge is 0.481 e. The predicted molar refractivity (Wildman–Crippen MR) is 84.0 cm³/mol. The van der Waals surface area contributed by atoms with E-state index < -0.39 is 5.97 Å². The summed E-state index contributed by atoms with van der Waals surface area (Å²) in [5, 5.41) is 14.0. The monoisotopic (exact) mass is 293 g/mol. The van der Waals surface area contributed by atoms with Crippen molar-refractivity contribution in [3.63, 3.8) is 0 Å². The third kappa shape index (κ3) is 6.16. The number of carboxylic acids is 1. The molecule has 3 N–H and O–H groups in total. The van der Waals surface area contributed by atoms with Gasteiger partial charge in [-0.2, -0.15) is 0 Å². The number of hydrogen-bond donors (Lipinski definition) is 3. The number of unbranched alkanes of at least 4 members (excludes halogenated alkanes) is 1. The molecule has 116 valence electrons. The fraction of sp³-hybridized carbons (Fsp3) is 0.467. The zero-order chi connectivity index (χ0) is 15.8. The van der Waals surface area contributed by atoms with Gasteiger partial charge in [0.15, 0.2) is 0 Å². The van der Waals surface area contributed by atoms with Crippen LogP contribution in [0.15, 0.2) is 18.2 Å². The van der Waals surface area contributed by atoms with E-state index in [-0.39, 0.29) is 12.5 Å². The Morgan fingerprint density at radius 2 is 1.95 bits per heavy atom. The van der Waals surface area contributed by atoms with Crippen molar-refractivity contribution in [3.8, 4) is 0 Å². The Morgan fingerprint density at radius 3 is 2.57 bits per heavy atom. The number of aryl methyl sites for hydroxylation is 1. The molecule has 2 amide bonds. The van der Waals surface area contributed by atoms with Crippen LogP contribution in [0.2, 0.25) is 0 Å². The molecule has 0 bridgehead atoms.